The van der Waals surface area contributed by atoms with Crippen LogP contribution in [0, 0.1) is 10.1 Å². The van der Waals surface area contributed by atoms with Crippen molar-refractivity contribution in [1.29, 1.82) is 0 Å². The molecule has 0 aromatic carbocycles. The van der Waals surface area contributed by atoms with Crippen molar-refractivity contribution >= 4 is 17.3 Å². The van der Waals surface area contributed by atoms with Crippen molar-refractivity contribution in [3.63, 3.8) is 0 Å². The van der Waals surface area contributed by atoms with Gasteiger partial charge in [-0.2, -0.15) is 0 Å². The van der Waals surface area contributed by atoms with E-state index in [0.29, 0.717) is 0 Å². The van der Waals surface area contributed by atoms with E-state index >= 15 is 0 Å². The van der Waals surface area contributed by atoms with Gasteiger partial charge in [0.1, 0.15) is 0 Å². The SMILES string of the molecule is O=c1[nH]c(Cl)c([N+](=O)[O-])c(=O)[nH]1. The van der Waals surface area contributed by atoms with Gasteiger partial charge in [0.25, 0.3) is 0 Å². The van der Waals surface area contributed by atoms with Crippen molar-refractivity contribution in [2.24, 2.45) is 0 Å². The van der Waals surface area contributed by atoms with Gasteiger partial charge in [0, 0.05) is 0 Å². The minimum Gasteiger partial charge on any atom is -0.292 e. The van der Waals surface area contributed by atoms with E-state index in [-0.39, 0.29) is 0 Å². The fourth-order valence-electron chi connectivity index (χ4n) is 0.615. The Morgan fingerprint density at radius 3 is 2.33 bits per heavy atom. The maximum absolute atomic E-state index is 10.7. The first-order chi connectivity index (χ1) is 5.52. The number of nitrogens with one attached hydrogen (secondary N) is 2. The highest BCUT2D eigenvalue weighted by Gasteiger charge is 2.18. The summed E-state index contributed by atoms with van der Waals surface area (Å²) >= 11 is 5.21. The summed E-state index contributed by atoms with van der Waals surface area (Å²) in [5.41, 5.74) is -2.86. The first-order valence-corrected chi connectivity index (χ1v) is 3.06. The fourth-order valence-corrected chi connectivity index (χ4v) is 0.856. The number of H-pyrrole nitrogens is 2. The van der Waals surface area contributed by atoms with E-state index in [0.717, 1.165) is 0 Å². The standard InChI is InChI=1S/C4H2ClN3O4/c5-2-1(8(11)12)3(9)7-4(10)6-2/h(H2,6,7,9,10). The summed E-state index contributed by atoms with van der Waals surface area (Å²) < 4.78 is 0. The third-order valence-corrected chi connectivity index (χ3v) is 1.33. The predicted molar refractivity (Wildman–Crippen MR) is 39.3 cm³/mol. The molecule has 1 heterocycles. The van der Waals surface area contributed by atoms with E-state index in [4.69, 9.17) is 11.6 Å². The van der Waals surface area contributed by atoms with Crippen LogP contribution < -0.4 is 11.2 Å². The van der Waals surface area contributed by atoms with E-state index in [1.165, 1.54) is 0 Å². The zero-order valence-electron chi connectivity index (χ0n) is 5.46. The van der Waals surface area contributed by atoms with Crippen LogP contribution in [0.1, 0.15) is 0 Å². The molecule has 8 heteroatoms. The summed E-state index contributed by atoms with van der Waals surface area (Å²) in [6, 6.07) is 0. The smallest absolute Gasteiger partial charge is 0.292 e. The molecule has 0 aliphatic heterocycles. The molecule has 1 aromatic rings. The molecule has 0 saturated carbocycles. The van der Waals surface area contributed by atoms with Crippen LogP contribution in [0.3, 0.4) is 0 Å². The van der Waals surface area contributed by atoms with E-state index in [9.17, 15) is 19.7 Å². The lowest BCUT2D eigenvalue weighted by molar-refractivity contribution is -0.386. The van der Waals surface area contributed by atoms with Crippen LogP contribution in [0.4, 0.5) is 5.69 Å². The number of nitrogens with zero attached hydrogens (tertiary/aromatic N) is 1. The summed E-state index contributed by atoms with van der Waals surface area (Å²) in [6.45, 7) is 0. The Morgan fingerprint density at radius 1 is 1.33 bits per heavy atom. The molecule has 0 amide bonds. The van der Waals surface area contributed by atoms with Gasteiger partial charge in [-0.05, 0) is 0 Å². The summed E-state index contributed by atoms with van der Waals surface area (Å²) in [5.74, 6) is 0. The molecule has 0 atom stereocenters. The summed E-state index contributed by atoms with van der Waals surface area (Å²) in [6.07, 6.45) is 0. The lowest BCUT2D eigenvalue weighted by Crippen LogP contribution is -2.24. The van der Waals surface area contributed by atoms with Crippen LogP contribution in [0.15, 0.2) is 9.59 Å². The Labute approximate surface area is 69.1 Å². The Morgan fingerprint density at radius 2 is 1.92 bits per heavy atom. The topological polar surface area (TPSA) is 109 Å². The number of hydrogen-bond acceptors (Lipinski definition) is 4. The predicted octanol–water partition coefficient (Wildman–Crippen LogP) is -0.375. The van der Waals surface area contributed by atoms with Crippen molar-refractivity contribution in [1.82, 2.24) is 9.97 Å². The zero-order valence-corrected chi connectivity index (χ0v) is 6.21. The molecule has 1 rings (SSSR count). The van der Waals surface area contributed by atoms with Crippen molar-refractivity contribution in [2.75, 3.05) is 0 Å². The quantitative estimate of drug-likeness (QED) is 0.358. The molecule has 0 fully saturated rings. The second-order valence-corrected chi connectivity index (χ2v) is 2.21. The zero-order chi connectivity index (χ0) is 9.30. The van der Waals surface area contributed by atoms with Crippen LogP contribution in [0.25, 0.3) is 0 Å². The van der Waals surface area contributed by atoms with E-state index in [1.807, 2.05) is 4.98 Å². The largest absolute Gasteiger partial charge is 0.368 e. The van der Waals surface area contributed by atoms with Gasteiger partial charge in [0.2, 0.25) is 0 Å². The number of nitro groups is 1. The number of aromatic nitrogens is 2. The van der Waals surface area contributed by atoms with Gasteiger partial charge in [-0.1, -0.05) is 11.6 Å². The third kappa shape index (κ3) is 1.35. The van der Waals surface area contributed by atoms with Crippen molar-refractivity contribution in [3.05, 3.63) is 36.1 Å². The molecule has 1 aromatic heterocycles. The highest BCUT2D eigenvalue weighted by atomic mass is 35.5. The lowest BCUT2D eigenvalue weighted by Gasteiger charge is -1.90. The van der Waals surface area contributed by atoms with Crippen LogP contribution in [0.5, 0.6) is 0 Å². The van der Waals surface area contributed by atoms with Gasteiger partial charge in [-0.15, -0.1) is 0 Å². The van der Waals surface area contributed by atoms with Crippen molar-refractivity contribution in [3.8, 4) is 0 Å². The molecule has 0 unspecified atom stereocenters. The van der Waals surface area contributed by atoms with Crippen LogP contribution >= 0.6 is 11.6 Å². The first kappa shape index (κ1) is 8.47. The molecule has 0 bridgehead atoms. The first-order valence-electron chi connectivity index (χ1n) is 2.69. The molecule has 0 saturated heterocycles. The van der Waals surface area contributed by atoms with E-state index in [1.54, 1.807) is 4.98 Å². The van der Waals surface area contributed by atoms with E-state index in [2.05, 4.69) is 0 Å². The summed E-state index contributed by atoms with van der Waals surface area (Å²) in [5, 5.41) is 9.56. The Bertz CT molecular complexity index is 433. The molecular weight excluding hydrogens is 190 g/mol. The van der Waals surface area contributed by atoms with Gasteiger partial charge in [-0.3, -0.25) is 24.9 Å². The number of rotatable bonds is 1. The normalized spacial score (nSPS) is 9.75. The molecule has 0 aliphatic rings. The van der Waals surface area contributed by atoms with Crippen LogP contribution in [0.2, 0.25) is 5.15 Å². The number of hydrogen-bond donors (Lipinski definition) is 2. The Hall–Kier alpha value is -1.63. The lowest BCUT2D eigenvalue weighted by atomic mass is 10.5. The van der Waals surface area contributed by atoms with E-state index < -0.39 is 27.0 Å². The Kier molecular flexibility index (Phi) is 1.96. The highest BCUT2D eigenvalue weighted by Crippen LogP contribution is 2.12. The van der Waals surface area contributed by atoms with Crippen LogP contribution in [-0.2, 0) is 0 Å². The highest BCUT2D eigenvalue weighted by molar-refractivity contribution is 6.31. The number of halogens is 1. The van der Waals surface area contributed by atoms with Gasteiger partial charge < -0.3 is 0 Å². The molecule has 7 nitrogen and oxygen atoms in total. The summed E-state index contributed by atoms with van der Waals surface area (Å²) in [4.78, 5) is 33.9. The second kappa shape index (κ2) is 2.78. The summed E-state index contributed by atoms with van der Waals surface area (Å²) in [7, 11) is 0. The molecule has 64 valence electrons. The van der Waals surface area contributed by atoms with Gasteiger partial charge in [0.15, 0.2) is 5.15 Å². The maximum atomic E-state index is 10.7. The minimum absolute atomic E-state index is 0.575. The fraction of sp³-hybridized carbons (Fsp3) is 0. The van der Waals surface area contributed by atoms with Gasteiger partial charge in [0.05, 0.1) is 4.92 Å². The molecular formula is C4H2ClN3O4. The van der Waals surface area contributed by atoms with Gasteiger partial charge >= 0.3 is 16.9 Å². The molecule has 0 spiro atoms. The second-order valence-electron chi connectivity index (χ2n) is 1.83. The number of aromatic amines is 2. The third-order valence-electron chi connectivity index (χ3n) is 1.06. The average molecular weight is 192 g/mol. The monoisotopic (exact) mass is 191 g/mol. The maximum Gasteiger partial charge on any atom is 0.368 e. The van der Waals surface area contributed by atoms with Gasteiger partial charge in [-0.25, -0.2) is 4.79 Å². The average Bonchev–Trinajstić information content (AvgIpc) is 1.82. The van der Waals surface area contributed by atoms with Crippen molar-refractivity contribution < 1.29 is 4.92 Å². The van der Waals surface area contributed by atoms with Crippen molar-refractivity contribution in [2.45, 2.75) is 0 Å². The Balaban J connectivity index is 3.60. The molecule has 0 radical (unpaired) electrons. The molecule has 0 aliphatic carbocycles. The molecule has 12 heavy (non-hydrogen) atoms. The van der Waals surface area contributed by atoms with Crippen LogP contribution in [-0.4, -0.2) is 14.9 Å². The minimum atomic E-state index is -1.12. The molecule has 2 N–H and O–H groups in total.